The first-order chi connectivity index (χ1) is 12.1. The van der Waals surface area contributed by atoms with E-state index in [9.17, 15) is 9.59 Å². The van der Waals surface area contributed by atoms with Crippen LogP contribution in [0.5, 0.6) is 11.5 Å². The summed E-state index contributed by atoms with van der Waals surface area (Å²) in [6.07, 6.45) is 0.956. The Bertz CT molecular complexity index is 742. The topological polar surface area (TPSA) is 76.7 Å². The van der Waals surface area contributed by atoms with E-state index >= 15 is 0 Å². The van der Waals surface area contributed by atoms with Crippen LogP contribution in [0.25, 0.3) is 0 Å². The standard InChI is InChI=1S/C19H22N2O4/c1-4-13-5-7-14(8-6-13)12-20-18(22)19(23)21-16-11-15(24-2)9-10-17(16)25-3/h5-11H,4,12H2,1-3H3,(H,20,22)(H,21,23). The largest absolute Gasteiger partial charge is 0.497 e. The molecular weight excluding hydrogens is 320 g/mol. The van der Waals surface area contributed by atoms with Crippen LogP contribution in [0.4, 0.5) is 5.69 Å². The van der Waals surface area contributed by atoms with Crippen molar-refractivity contribution >= 4 is 17.5 Å². The molecule has 0 aromatic heterocycles. The summed E-state index contributed by atoms with van der Waals surface area (Å²) in [5.74, 6) is -0.495. The highest BCUT2D eigenvalue weighted by Gasteiger charge is 2.16. The predicted octanol–water partition coefficient (Wildman–Crippen LogP) is 2.52. The van der Waals surface area contributed by atoms with E-state index in [0.717, 1.165) is 12.0 Å². The van der Waals surface area contributed by atoms with Gasteiger partial charge in [-0.1, -0.05) is 31.2 Å². The highest BCUT2D eigenvalue weighted by molar-refractivity contribution is 6.39. The van der Waals surface area contributed by atoms with Crippen LogP contribution in [0, 0.1) is 0 Å². The summed E-state index contributed by atoms with van der Waals surface area (Å²) in [7, 11) is 3.00. The fourth-order valence-corrected chi connectivity index (χ4v) is 2.25. The fraction of sp³-hybridized carbons (Fsp3) is 0.263. The first kappa shape index (κ1) is 18.3. The third-order valence-corrected chi connectivity index (χ3v) is 3.75. The molecule has 2 aromatic carbocycles. The number of hydrogen-bond acceptors (Lipinski definition) is 4. The zero-order chi connectivity index (χ0) is 18.2. The molecule has 0 saturated heterocycles. The predicted molar refractivity (Wildman–Crippen MR) is 95.8 cm³/mol. The summed E-state index contributed by atoms with van der Waals surface area (Å²) >= 11 is 0. The number of ether oxygens (including phenoxy) is 2. The third kappa shape index (κ3) is 4.97. The Kier molecular flexibility index (Phi) is 6.39. The molecule has 6 nitrogen and oxygen atoms in total. The molecule has 0 bridgehead atoms. The van der Waals surface area contributed by atoms with Crippen molar-refractivity contribution in [2.75, 3.05) is 19.5 Å². The van der Waals surface area contributed by atoms with E-state index in [1.54, 1.807) is 18.2 Å². The summed E-state index contributed by atoms with van der Waals surface area (Å²) in [5, 5.41) is 5.13. The molecule has 2 amide bonds. The molecule has 2 aromatic rings. The van der Waals surface area contributed by atoms with Gasteiger partial charge in [-0.05, 0) is 29.7 Å². The third-order valence-electron chi connectivity index (χ3n) is 3.75. The molecule has 0 fully saturated rings. The van der Waals surface area contributed by atoms with E-state index in [1.165, 1.54) is 19.8 Å². The van der Waals surface area contributed by atoms with Gasteiger partial charge in [0.1, 0.15) is 11.5 Å². The molecule has 25 heavy (non-hydrogen) atoms. The summed E-state index contributed by atoms with van der Waals surface area (Å²) in [6, 6.07) is 12.8. The molecule has 2 N–H and O–H groups in total. The second-order valence-corrected chi connectivity index (χ2v) is 5.37. The lowest BCUT2D eigenvalue weighted by Gasteiger charge is -2.12. The van der Waals surface area contributed by atoms with Crippen LogP contribution >= 0.6 is 0 Å². The number of benzene rings is 2. The lowest BCUT2D eigenvalue weighted by atomic mass is 10.1. The summed E-state index contributed by atoms with van der Waals surface area (Å²) in [4.78, 5) is 24.1. The van der Waals surface area contributed by atoms with E-state index in [1.807, 2.05) is 24.3 Å². The maximum atomic E-state index is 12.1. The Morgan fingerprint density at radius 2 is 1.60 bits per heavy atom. The van der Waals surface area contributed by atoms with Crippen molar-refractivity contribution in [3.8, 4) is 11.5 Å². The number of amides is 2. The maximum absolute atomic E-state index is 12.1. The van der Waals surface area contributed by atoms with Gasteiger partial charge < -0.3 is 20.1 Å². The van der Waals surface area contributed by atoms with Gasteiger partial charge in [0.25, 0.3) is 0 Å². The van der Waals surface area contributed by atoms with Crippen molar-refractivity contribution in [2.24, 2.45) is 0 Å². The molecular formula is C19H22N2O4. The Balaban J connectivity index is 1.96. The Morgan fingerprint density at radius 3 is 2.20 bits per heavy atom. The number of carbonyl (C=O) groups excluding carboxylic acids is 2. The van der Waals surface area contributed by atoms with Gasteiger partial charge in [0.15, 0.2) is 0 Å². The first-order valence-corrected chi connectivity index (χ1v) is 7.96. The fourth-order valence-electron chi connectivity index (χ4n) is 2.25. The molecule has 0 spiro atoms. The van der Waals surface area contributed by atoms with Gasteiger partial charge >= 0.3 is 11.8 Å². The van der Waals surface area contributed by atoms with E-state index in [2.05, 4.69) is 17.6 Å². The molecule has 0 radical (unpaired) electrons. The van der Waals surface area contributed by atoms with Crippen molar-refractivity contribution in [1.82, 2.24) is 5.32 Å². The molecule has 0 unspecified atom stereocenters. The smallest absolute Gasteiger partial charge is 0.313 e. The minimum absolute atomic E-state index is 0.283. The number of aryl methyl sites for hydroxylation is 1. The maximum Gasteiger partial charge on any atom is 0.313 e. The van der Waals surface area contributed by atoms with Crippen LogP contribution in [-0.4, -0.2) is 26.0 Å². The van der Waals surface area contributed by atoms with Gasteiger partial charge in [-0.2, -0.15) is 0 Å². The number of anilines is 1. The van der Waals surface area contributed by atoms with E-state index in [0.29, 0.717) is 17.2 Å². The minimum atomic E-state index is -0.767. The van der Waals surface area contributed by atoms with E-state index < -0.39 is 11.8 Å². The van der Waals surface area contributed by atoms with Crippen molar-refractivity contribution in [1.29, 1.82) is 0 Å². The summed E-state index contributed by atoms with van der Waals surface area (Å²) in [5.41, 5.74) is 2.52. The van der Waals surface area contributed by atoms with Crippen LogP contribution < -0.4 is 20.1 Å². The average Bonchev–Trinajstić information content (AvgIpc) is 2.66. The van der Waals surface area contributed by atoms with Gasteiger partial charge in [0, 0.05) is 12.6 Å². The van der Waals surface area contributed by atoms with Crippen molar-refractivity contribution in [3.05, 3.63) is 53.6 Å². The lowest BCUT2D eigenvalue weighted by Crippen LogP contribution is -2.35. The second-order valence-electron chi connectivity index (χ2n) is 5.37. The highest BCUT2D eigenvalue weighted by atomic mass is 16.5. The van der Waals surface area contributed by atoms with Gasteiger partial charge in [-0.25, -0.2) is 0 Å². The SMILES string of the molecule is CCc1ccc(CNC(=O)C(=O)Nc2cc(OC)ccc2OC)cc1. The van der Waals surface area contributed by atoms with Gasteiger partial charge in [0.05, 0.1) is 19.9 Å². The van der Waals surface area contributed by atoms with Crippen molar-refractivity contribution < 1.29 is 19.1 Å². The van der Waals surface area contributed by atoms with Crippen LogP contribution in [-0.2, 0) is 22.6 Å². The number of nitrogens with one attached hydrogen (secondary N) is 2. The minimum Gasteiger partial charge on any atom is -0.497 e. The van der Waals surface area contributed by atoms with Gasteiger partial charge in [-0.15, -0.1) is 0 Å². The van der Waals surface area contributed by atoms with Crippen LogP contribution in [0.1, 0.15) is 18.1 Å². The Labute approximate surface area is 147 Å². The van der Waals surface area contributed by atoms with Crippen LogP contribution in [0.15, 0.2) is 42.5 Å². The van der Waals surface area contributed by atoms with Gasteiger partial charge in [-0.3, -0.25) is 9.59 Å². The zero-order valence-electron chi connectivity index (χ0n) is 14.6. The number of hydrogen-bond donors (Lipinski definition) is 2. The Morgan fingerprint density at radius 1 is 0.920 bits per heavy atom. The normalized spacial score (nSPS) is 10.0. The molecule has 2 rings (SSSR count). The second kappa shape index (κ2) is 8.73. The van der Waals surface area contributed by atoms with Crippen molar-refractivity contribution in [2.45, 2.75) is 19.9 Å². The molecule has 0 heterocycles. The molecule has 0 saturated carbocycles. The molecule has 6 heteroatoms. The van der Waals surface area contributed by atoms with E-state index in [4.69, 9.17) is 9.47 Å². The summed E-state index contributed by atoms with van der Waals surface area (Å²) in [6.45, 7) is 2.36. The monoisotopic (exact) mass is 342 g/mol. The first-order valence-electron chi connectivity index (χ1n) is 7.96. The molecule has 0 atom stereocenters. The summed E-state index contributed by atoms with van der Waals surface area (Å²) < 4.78 is 10.3. The van der Waals surface area contributed by atoms with Crippen molar-refractivity contribution in [3.63, 3.8) is 0 Å². The lowest BCUT2D eigenvalue weighted by molar-refractivity contribution is -0.136. The number of methoxy groups -OCH3 is 2. The zero-order valence-corrected chi connectivity index (χ0v) is 14.6. The molecule has 0 aliphatic rings. The average molecular weight is 342 g/mol. The highest BCUT2D eigenvalue weighted by Crippen LogP contribution is 2.28. The quantitative estimate of drug-likeness (QED) is 0.791. The molecule has 0 aliphatic heterocycles. The Hall–Kier alpha value is -3.02. The van der Waals surface area contributed by atoms with Crippen LogP contribution in [0.3, 0.4) is 0 Å². The van der Waals surface area contributed by atoms with Crippen LogP contribution in [0.2, 0.25) is 0 Å². The molecule has 0 aliphatic carbocycles. The van der Waals surface area contributed by atoms with E-state index in [-0.39, 0.29) is 6.54 Å². The van der Waals surface area contributed by atoms with Gasteiger partial charge in [0.2, 0.25) is 0 Å². The molecule has 132 valence electrons. The number of rotatable bonds is 6. The number of carbonyl (C=O) groups is 2.